The Morgan fingerprint density at radius 1 is 1.20 bits per heavy atom. The van der Waals surface area contributed by atoms with Gasteiger partial charge in [-0.1, -0.05) is 18.6 Å². The fraction of sp³-hybridized carbons (Fsp3) is 0.647. The Labute approximate surface area is 122 Å². The highest BCUT2D eigenvalue weighted by atomic mass is 16.5. The summed E-state index contributed by atoms with van der Waals surface area (Å²) in [5.74, 6) is 1.83. The van der Waals surface area contributed by atoms with E-state index in [4.69, 9.17) is 10.5 Å². The zero-order valence-electron chi connectivity index (χ0n) is 12.4. The van der Waals surface area contributed by atoms with Gasteiger partial charge in [-0.2, -0.15) is 0 Å². The van der Waals surface area contributed by atoms with Gasteiger partial charge in [0, 0.05) is 18.6 Å². The van der Waals surface area contributed by atoms with Crippen molar-refractivity contribution in [1.82, 2.24) is 4.90 Å². The van der Waals surface area contributed by atoms with Crippen molar-refractivity contribution in [3.8, 4) is 5.75 Å². The van der Waals surface area contributed by atoms with Crippen LogP contribution in [0.15, 0.2) is 24.3 Å². The van der Waals surface area contributed by atoms with Gasteiger partial charge in [-0.05, 0) is 55.8 Å². The number of hydrogen-bond donors (Lipinski definition) is 1. The summed E-state index contributed by atoms with van der Waals surface area (Å²) in [4.78, 5) is 2.65. The molecule has 0 bridgehead atoms. The Kier molecular flexibility index (Phi) is 4.27. The molecule has 110 valence electrons. The van der Waals surface area contributed by atoms with Gasteiger partial charge in [0.15, 0.2) is 0 Å². The first-order valence-corrected chi connectivity index (χ1v) is 7.91. The third-order valence-electron chi connectivity index (χ3n) is 5.08. The second-order valence-electron chi connectivity index (χ2n) is 6.28. The van der Waals surface area contributed by atoms with Crippen molar-refractivity contribution >= 4 is 0 Å². The Balaban J connectivity index is 1.63. The van der Waals surface area contributed by atoms with Gasteiger partial charge >= 0.3 is 0 Å². The average molecular weight is 274 g/mol. The van der Waals surface area contributed by atoms with Crippen molar-refractivity contribution in [2.24, 2.45) is 11.7 Å². The molecule has 2 aliphatic rings. The minimum atomic E-state index is 0.111. The molecule has 1 aliphatic carbocycles. The molecule has 1 saturated carbocycles. The second-order valence-corrected chi connectivity index (χ2v) is 6.28. The van der Waals surface area contributed by atoms with Crippen molar-refractivity contribution < 1.29 is 4.74 Å². The maximum Gasteiger partial charge on any atom is 0.118 e. The van der Waals surface area contributed by atoms with E-state index in [1.165, 1.54) is 44.2 Å². The van der Waals surface area contributed by atoms with Crippen LogP contribution in [0.4, 0.5) is 0 Å². The SMILES string of the molecule is COc1ccc(C(N)CN2CCCC3CCCC32)cc1. The van der Waals surface area contributed by atoms with Crippen molar-refractivity contribution in [3.05, 3.63) is 29.8 Å². The monoisotopic (exact) mass is 274 g/mol. The highest BCUT2D eigenvalue weighted by Gasteiger charge is 2.35. The van der Waals surface area contributed by atoms with Crippen molar-refractivity contribution in [2.45, 2.75) is 44.2 Å². The van der Waals surface area contributed by atoms with Crippen molar-refractivity contribution in [1.29, 1.82) is 0 Å². The van der Waals surface area contributed by atoms with Gasteiger partial charge in [0.25, 0.3) is 0 Å². The number of rotatable bonds is 4. The number of nitrogens with zero attached hydrogens (tertiary/aromatic N) is 1. The summed E-state index contributed by atoms with van der Waals surface area (Å²) in [7, 11) is 1.70. The van der Waals surface area contributed by atoms with E-state index < -0.39 is 0 Å². The van der Waals surface area contributed by atoms with Gasteiger partial charge in [-0.25, -0.2) is 0 Å². The third-order valence-corrected chi connectivity index (χ3v) is 5.08. The van der Waals surface area contributed by atoms with Crippen LogP contribution in [0.25, 0.3) is 0 Å². The van der Waals surface area contributed by atoms with Crippen LogP contribution in [0.2, 0.25) is 0 Å². The maximum absolute atomic E-state index is 6.42. The van der Waals surface area contributed by atoms with Crippen molar-refractivity contribution in [3.63, 3.8) is 0 Å². The van der Waals surface area contributed by atoms with Crippen LogP contribution in [0.5, 0.6) is 5.75 Å². The van der Waals surface area contributed by atoms with E-state index in [0.717, 1.165) is 24.3 Å². The highest BCUT2D eigenvalue weighted by Crippen LogP contribution is 2.37. The Morgan fingerprint density at radius 3 is 2.70 bits per heavy atom. The molecule has 1 aromatic carbocycles. The molecule has 3 unspecified atom stereocenters. The van der Waals surface area contributed by atoms with Gasteiger partial charge in [-0.15, -0.1) is 0 Å². The first kappa shape index (κ1) is 13.9. The lowest BCUT2D eigenvalue weighted by Gasteiger charge is -2.39. The number of methoxy groups -OCH3 is 1. The highest BCUT2D eigenvalue weighted by molar-refractivity contribution is 5.29. The molecule has 3 heteroatoms. The summed E-state index contributed by atoms with van der Waals surface area (Å²) in [5.41, 5.74) is 7.63. The third kappa shape index (κ3) is 2.84. The molecule has 0 amide bonds. The van der Waals surface area contributed by atoms with Gasteiger partial charge in [-0.3, -0.25) is 4.90 Å². The van der Waals surface area contributed by atoms with Gasteiger partial charge in [0.2, 0.25) is 0 Å². The van der Waals surface area contributed by atoms with E-state index >= 15 is 0 Å². The Hall–Kier alpha value is -1.06. The lowest BCUT2D eigenvalue weighted by atomic mass is 9.91. The minimum absolute atomic E-state index is 0.111. The molecule has 1 aromatic rings. The summed E-state index contributed by atoms with van der Waals surface area (Å²) >= 11 is 0. The molecular formula is C17H26N2O. The number of fused-ring (bicyclic) bond motifs is 1. The van der Waals surface area contributed by atoms with Crippen LogP contribution in [-0.2, 0) is 0 Å². The average Bonchev–Trinajstić information content (AvgIpc) is 2.97. The van der Waals surface area contributed by atoms with Crippen molar-refractivity contribution in [2.75, 3.05) is 20.2 Å². The normalized spacial score (nSPS) is 28.1. The minimum Gasteiger partial charge on any atom is -0.497 e. The number of nitrogens with two attached hydrogens (primary N) is 1. The smallest absolute Gasteiger partial charge is 0.118 e. The second kappa shape index (κ2) is 6.15. The zero-order valence-corrected chi connectivity index (χ0v) is 12.4. The van der Waals surface area contributed by atoms with Crippen LogP contribution in [0.1, 0.15) is 43.7 Å². The van der Waals surface area contributed by atoms with E-state index in [1.807, 2.05) is 12.1 Å². The quantitative estimate of drug-likeness (QED) is 0.917. The van der Waals surface area contributed by atoms with E-state index in [1.54, 1.807) is 7.11 Å². The lowest BCUT2D eigenvalue weighted by molar-refractivity contribution is 0.106. The molecule has 1 saturated heterocycles. The summed E-state index contributed by atoms with van der Waals surface area (Å²) in [6.07, 6.45) is 6.98. The first-order chi connectivity index (χ1) is 9.78. The van der Waals surface area contributed by atoms with E-state index in [2.05, 4.69) is 17.0 Å². The Morgan fingerprint density at radius 2 is 1.95 bits per heavy atom. The van der Waals surface area contributed by atoms with E-state index in [-0.39, 0.29) is 6.04 Å². The number of benzene rings is 1. The van der Waals surface area contributed by atoms with E-state index in [9.17, 15) is 0 Å². The van der Waals surface area contributed by atoms with Gasteiger partial charge in [0.05, 0.1) is 7.11 Å². The first-order valence-electron chi connectivity index (χ1n) is 7.91. The molecule has 1 aliphatic heterocycles. The zero-order chi connectivity index (χ0) is 13.9. The fourth-order valence-electron chi connectivity index (χ4n) is 3.99. The summed E-state index contributed by atoms with van der Waals surface area (Å²) in [6.45, 7) is 2.22. The molecule has 2 fully saturated rings. The van der Waals surface area contributed by atoms with Crippen LogP contribution in [0, 0.1) is 5.92 Å². The number of likely N-dealkylation sites (tertiary alicyclic amines) is 1. The number of hydrogen-bond acceptors (Lipinski definition) is 3. The molecule has 2 N–H and O–H groups in total. The molecule has 0 aromatic heterocycles. The largest absolute Gasteiger partial charge is 0.497 e. The van der Waals surface area contributed by atoms with E-state index in [0.29, 0.717) is 0 Å². The molecule has 0 spiro atoms. The maximum atomic E-state index is 6.42. The Bertz CT molecular complexity index is 431. The standard InChI is InChI=1S/C17H26N2O/c1-20-15-9-7-13(8-10-15)16(18)12-19-11-3-5-14-4-2-6-17(14)19/h7-10,14,16-17H,2-6,11-12,18H2,1H3. The van der Waals surface area contributed by atoms with Gasteiger partial charge in [0.1, 0.15) is 5.75 Å². The molecule has 20 heavy (non-hydrogen) atoms. The molecule has 1 heterocycles. The molecule has 0 radical (unpaired) electrons. The molecular weight excluding hydrogens is 248 g/mol. The summed E-state index contributed by atoms with van der Waals surface area (Å²) < 4.78 is 5.20. The summed E-state index contributed by atoms with van der Waals surface area (Å²) in [6, 6.07) is 9.11. The predicted octanol–water partition coefficient (Wildman–Crippen LogP) is 2.96. The number of piperidine rings is 1. The molecule has 3 nitrogen and oxygen atoms in total. The predicted molar refractivity (Wildman–Crippen MR) is 81.9 cm³/mol. The number of ether oxygens (including phenoxy) is 1. The van der Waals surface area contributed by atoms with Crippen LogP contribution in [-0.4, -0.2) is 31.1 Å². The fourth-order valence-corrected chi connectivity index (χ4v) is 3.99. The topological polar surface area (TPSA) is 38.5 Å². The lowest BCUT2D eigenvalue weighted by Crippen LogP contribution is -2.45. The van der Waals surface area contributed by atoms with Crippen LogP contribution < -0.4 is 10.5 Å². The van der Waals surface area contributed by atoms with Gasteiger partial charge < -0.3 is 10.5 Å². The molecule has 3 atom stereocenters. The molecule has 3 rings (SSSR count). The van der Waals surface area contributed by atoms with Crippen LogP contribution in [0.3, 0.4) is 0 Å². The summed E-state index contributed by atoms with van der Waals surface area (Å²) in [5, 5.41) is 0. The van der Waals surface area contributed by atoms with Crippen LogP contribution >= 0.6 is 0 Å².